The second kappa shape index (κ2) is 5.54. The number of hydrogen-bond acceptors (Lipinski definition) is 5. The van der Waals surface area contributed by atoms with E-state index in [9.17, 15) is 0 Å². The smallest absolute Gasteiger partial charge is 0.165 e. The molecular formula is C13H15N3O2S. The molecule has 1 aromatic heterocycles. The normalized spacial score (nSPS) is 15.2. The molecular weight excluding hydrogens is 262 g/mol. The summed E-state index contributed by atoms with van der Waals surface area (Å²) in [6, 6.07) is 5.80. The number of aromatic nitrogens is 2. The van der Waals surface area contributed by atoms with Crippen molar-refractivity contribution in [3.63, 3.8) is 0 Å². The number of nitrogens with two attached hydrogens (primary N) is 1. The fraction of sp³-hybridized carbons (Fsp3) is 0.308. The van der Waals surface area contributed by atoms with E-state index in [1.807, 2.05) is 18.2 Å². The van der Waals surface area contributed by atoms with Crippen molar-refractivity contribution in [1.82, 2.24) is 9.97 Å². The van der Waals surface area contributed by atoms with Gasteiger partial charge in [-0.3, -0.25) is 0 Å². The molecule has 100 valence electrons. The van der Waals surface area contributed by atoms with Crippen LogP contribution in [0.3, 0.4) is 0 Å². The lowest BCUT2D eigenvalue weighted by atomic mass is 10.1. The Hall–Kier alpha value is -1.66. The number of H-pyrrole nitrogens is 1. The van der Waals surface area contributed by atoms with E-state index in [-0.39, 0.29) is 6.04 Å². The average molecular weight is 277 g/mol. The zero-order valence-electron chi connectivity index (χ0n) is 10.3. The van der Waals surface area contributed by atoms with Gasteiger partial charge in [0.15, 0.2) is 16.7 Å². The lowest BCUT2D eigenvalue weighted by Gasteiger charge is -2.20. The number of hydrogen-bond donors (Lipinski definition) is 2. The number of aromatic amines is 1. The summed E-state index contributed by atoms with van der Waals surface area (Å²) in [5.41, 5.74) is 7.23. The average Bonchev–Trinajstić information content (AvgIpc) is 2.97. The van der Waals surface area contributed by atoms with Gasteiger partial charge in [0, 0.05) is 24.2 Å². The van der Waals surface area contributed by atoms with Crippen molar-refractivity contribution >= 4 is 11.8 Å². The van der Waals surface area contributed by atoms with Gasteiger partial charge in [0.2, 0.25) is 0 Å². The van der Waals surface area contributed by atoms with Gasteiger partial charge in [-0.05, 0) is 17.7 Å². The molecule has 1 atom stereocenters. The van der Waals surface area contributed by atoms with Gasteiger partial charge < -0.3 is 20.2 Å². The van der Waals surface area contributed by atoms with Crippen LogP contribution in [0.4, 0.5) is 0 Å². The summed E-state index contributed by atoms with van der Waals surface area (Å²) in [5.74, 6) is 2.33. The van der Waals surface area contributed by atoms with E-state index in [0.29, 0.717) is 13.2 Å². The van der Waals surface area contributed by atoms with Gasteiger partial charge in [0.25, 0.3) is 0 Å². The van der Waals surface area contributed by atoms with Crippen molar-refractivity contribution in [3.8, 4) is 11.5 Å². The minimum Gasteiger partial charge on any atom is -0.486 e. The van der Waals surface area contributed by atoms with Crippen LogP contribution in [0.2, 0.25) is 0 Å². The quantitative estimate of drug-likeness (QED) is 0.836. The second-order valence-electron chi connectivity index (χ2n) is 4.21. The van der Waals surface area contributed by atoms with E-state index in [0.717, 1.165) is 28.0 Å². The van der Waals surface area contributed by atoms with E-state index < -0.39 is 0 Å². The van der Waals surface area contributed by atoms with Crippen molar-refractivity contribution in [3.05, 3.63) is 36.2 Å². The molecule has 1 aliphatic rings. The summed E-state index contributed by atoms with van der Waals surface area (Å²) in [5, 5.41) is 0.882. The number of rotatable bonds is 4. The lowest BCUT2D eigenvalue weighted by molar-refractivity contribution is 0.171. The number of imidazole rings is 1. The van der Waals surface area contributed by atoms with Crippen LogP contribution in [0, 0.1) is 0 Å². The van der Waals surface area contributed by atoms with Gasteiger partial charge in [0.1, 0.15) is 13.2 Å². The Morgan fingerprint density at radius 2 is 2.16 bits per heavy atom. The fourth-order valence-electron chi connectivity index (χ4n) is 1.89. The van der Waals surface area contributed by atoms with Crippen LogP contribution < -0.4 is 15.2 Å². The van der Waals surface area contributed by atoms with E-state index in [1.54, 1.807) is 24.2 Å². The molecule has 1 unspecified atom stereocenters. The Morgan fingerprint density at radius 1 is 1.32 bits per heavy atom. The zero-order chi connectivity index (χ0) is 13.1. The SMILES string of the molecule is NC(CSc1ncc[nH]1)c1ccc2c(c1)OCCO2. The molecule has 0 aliphatic carbocycles. The van der Waals surface area contributed by atoms with Gasteiger partial charge in [-0.2, -0.15) is 0 Å². The monoisotopic (exact) mass is 277 g/mol. The minimum atomic E-state index is -0.0640. The summed E-state index contributed by atoms with van der Waals surface area (Å²) in [7, 11) is 0. The van der Waals surface area contributed by atoms with Crippen molar-refractivity contribution in [1.29, 1.82) is 0 Å². The van der Waals surface area contributed by atoms with Crippen molar-refractivity contribution in [2.75, 3.05) is 19.0 Å². The molecule has 0 bridgehead atoms. The largest absolute Gasteiger partial charge is 0.486 e. The molecule has 0 spiro atoms. The Kier molecular flexibility index (Phi) is 3.61. The van der Waals surface area contributed by atoms with Crippen molar-refractivity contribution in [2.24, 2.45) is 5.73 Å². The molecule has 1 aliphatic heterocycles. The molecule has 0 fully saturated rings. The summed E-state index contributed by atoms with van der Waals surface area (Å²) in [6.07, 6.45) is 3.54. The Balaban J connectivity index is 1.67. The van der Waals surface area contributed by atoms with E-state index in [4.69, 9.17) is 15.2 Å². The van der Waals surface area contributed by atoms with E-state index in [1.165, 1.54) is 0 Å². The molecule has 2 heterocycles. The highest BCUT2D eigenvalue weighted by Crippen LogP contribution is 2.33. The first-order chi connectivity index (χ1) is 9.33. The molecule has 5 nitrogen and oxygen atoms in total. The third kappa shape index (κ3) is 2.85. The summed E-state index contributed by atoms with van der Waals surface area (Å²) >= 11 is 1.60. The molecule has 19 heavy (non-hydrogen) atoms. The van der Waals surface area contributed by atoms with E-state index >= 15 is 0 Å². The second-order valence-corrected chi connectivity index (χ2v) is 5.22. The Bertz CT molecular complexity index is 545. The molecule has 3 rings (SSSR count). The molecule has 6 heteroatoms. The van der Waals surface area contributed by atoms with Gasteiger partial charge >= 0.3 is 0 Å². The molecule has 0 radical (unpaired) electrons. The molecule has 3 N–H and O–H groups in total. The number of nitrogens with zero attached hydrogens (tertiary/aromatic N) is 1. The van der Waals surface area contributed by atoms with Crippen molar-refractivity contribution in [2.45, 2.75) is 11.2 Å². The molecule has 0 amide bonds. The van der Waals surface area contributed by atoms with Crippen LogP contribution in [0.5, 0.6) is 11.5 Å². The number of thioether (sulfide) groups is 1. The zero-order valence-corrected chi connectivity index (χ0v) is 11.2. The van der Waals surface area contributed by atoms with Crippen LogP contribution >= 0.6 is 11.8 Å². The van der Waals surface area contributed by atoms with Crippen molar-refractivity contribution < 1.29 is 9.47 Å². The summed E-state index contributed by atoms with van der Waals surface area (Å²) < 4.78 is 11.0. The molecule has 1 aromatic carbocycles. The first-order valence-electron chi connectivity index (χ1n) is 6.10. The van der Waals surface area contributed by atoms with Crippen LogP contribution in [0.15, 0.2) is 35.7 Å². The van der Waals surface area contributed by atoms with Crippen LogP contribution in [0.1, 0.15) is 11.6 Å². The standard InChI is InChI=1S/C13H15N3O2S/c14-10(8-19-13-15-3-4-16-13)9-1-2-11-12(7-9)18-6-5-17-11/h1-4,7,10H,5-6,8,14H2,(H,15,16). The molecule has 0 saturated heterocycles. The molecule has 0 saturated carbocycles. The lowest BCUT2D eigenvalue weighted by Crippen LogP contribution is -2.17. The van der Waals surface area contributed by atoms with Gasteiger partial charge in [-0.15, -0.1) is 0 Å². The topological polar surface area (TPSA) is 73.2 Å². The summed E-state index contributed by atoms with van der Waals surface area (Å²) in [4.78, 5) is 7.20. The summed E-state index contributed by atoms with van der Waals surface area (Å²) in [6.45, 7) is 1.19. The maximum atomic E-state index is 6.19. The van der Waals surface area contributed by atoms with E-state index in [2.05, 4.69) is 9.97 Å². The Morgan fingerprint density at radius 3 is 2.95 bits per heavy atom. The maximum Gasteiger partial charge on any atom is 0.165 e. The van der Waals surface area contributed by atoms with Gasteiger partial charge in [-0.1, -0.05) is 17.8 Å². The highest BCUT2D eigenvalue weighted by Gasteiger charge is 2.15. The first-order valence-corrected chi connectivity index (χ1v) is 7.09. The third-order valence-electron chi connectivity index (χ3n) is 2.87. The Labute approximate surface area is 115 Å². The predicted molar refractivity (Wildman–Crippen MR) is 73.7 cm³/mol. The van der Waals surface area contributed by atoms with Crippen LogP contribution in [-0.4, -0.2) is 28.9 Å². The molecule has 2 aromatic rings. The number of benzene rings is 1. The maximum absolute atomic E-state index is 6.19. The van der Waals surface area contributed by atoms with Gasteiger partial charge in [-0.25, -0.2) is 4.98 Å². The number of nitrogens with one attached hydrogen (secondary N) is 1. The fourth-order valence-corrected chi connectivity index (χ4v) is 2.70. The predicted octanol–water partition coefficient (Wildman–Crippen LogP) is 1.97. The number of ether oxygens (including phenoxy) is 2. The van der Waals surface area contributed by atoms with Crippen LogP contribution in [-0.2, 0) is 0 Å². The number of fused-ring (bicyclic) bond motifs is 1. The highest BCUT2D eigenvalue weighted by molar-refractivity contribution is 7.99. The van der Waals surface area contributed by atoms with Gasteiger partial charge in [0.05, 0.1) is 0 Å². The van der Waals surface area contributed by atoms with Crippen LogP contribution in [0.25, 0.3) is 0 Å². The third-order valence-corrected chi connectivity index (χ3v) is 3.89. The minimum absolute atomic E-state index is 0.0640. The highest BCUT2D eigenvalue weighted by atomic mass is 32.2. The first kappa shape index (κ1) is 12.4.